The number of nitro groups is 1. The van der Waals surface area contributed by atoms with Crippen LogP contribution in [0.3, 0.4) is 0 Å². The molecule has 1 aromatic rings. The molecule has 0 aliphatic rings. The van der Waals surface area contributed by atoms with Crippen molar-refractivity contribution in [1.82, 2.24) is 0 Å². The van der Waals surface area contributed by atoms with Crippen molar-refractivity contribution in [3.05, 3.63) is 22.2 Å². The fraction of sp³-hybridized carbons (Fsp3) is 0.417. The second-order valence-corrected chi connectivity index (χ2v) is 3.96. The van der Waals surface area contributed by atoms with Gasteiger partial charge in [-0.05, 0) is 0 Å². The first-order chi connectivity index (χ1) is 9.54. The van der Waals surface area contributed by atoms with Gasteiger partial charge in [-0.25, -0.2) is 4.99 Å². The number of nitro benzene ring substituents is 1. The van der Waals surface area contributed by atoms with Gasteiger partial charge in [0.2, 0.25) is 0 Å². The molecule has 0 unspecified atom stereocenters. The summed E-state index contributed by atoms with van der Waals surface area (Å²) in [6.07, 6.45) is 1.07. The van der Waals surface area contributed by atoms with Crippen molar-refractivity contribution in [3.8, 4) is 5.75 Å². The SMILES string of the molecule is COCCN(C)c1cc(OC)c(N=CN)cc1[N+](=O)[O-]. The van der Waals surface area contributed by atoms with E-state index in [4.69, 9.17) is 15.2 Å². The molecular weight excluding hydrogens is 264 g/mol. The van der Waals surface area contributed by atoms with Crippen LogP contribution in [0.15, 0.2) is 17.1 Å². The standard InChI is InChI=1S/C12H18N4O4/c1-15(4-5-19-2)10-7-12(20-3)9(14-8-13)6-11(10)16(17)18/h6-8H,4-5H2,1-3H3,(H2,13,14). The smallest absolute Gasteiger partial charge is 0.294 e. The van der Waals surface area contributed by atoms with Gasteiger partial charge in [-0.3, -0.25) is 10.1 Å². The molecule has 0 bridgehead atoms. The Labute approximate surface area is 116 Å². The van der Waals surface area contributed by atoms with Crippen LogP contribution in [0.4, 0.5) is 17.1 Å². The summed E-state index contributed by atoms with van der Waals surface area (Å²) >= 11 is 0. The van der Waals surface area contributed by atoms with Gasteiger partial charge in [0.05, 0.1) is 25.0 Å². The molecule has 0 aromatic heterocycles. The van der Waals surface area contributed by atoms with Crippen LogP contribution in [-0.2, 0) is 4.74 Å². The molecule has 8 heteroatoms. The van der Waals surface area contributed by atoms with Crippen LogP contribution >= 0.6 is 0 Å². The van der Waals surface area contributed by atoms with Crippen molar-refractivity contribution in [2.24, 2.45) is 10.7 Å². The lowest BCUT2D eigenvalue weighted by Gasteiger charge is -2.19. The number of benzene rings is 1. The number of likely N-dealkylation sites (N-methyl/N-ethyl adjacent to an activating group) is 1. The molecule has 8 nitrogen and oxygen atoms in total. The van der Waals surface area contributed by atoms with Crippen LogP contribution in [0.5, 0.6) is 5.75 Å². The first-order valence-corrected chi connectivity index (χ1v) is 5.85. The highest BCUT2D eigenvalue weighted by atomic mass is 16.6. The van der Waals surface area contributed by atoms with E-state index in [1.807, 2.05) is 0 Å². The zero-order valence-electron chi connectivity index (χ0n) is 11.7. The molecule has 0 saturated heterocycles. The minimum atomic E-state index is -0.465. The molecule has 20 heavy (non-hydrogen) atoms. The number of anilines is 1. The van der Waals surface area contributed by atoms with E-state index < -0.39 is 4.92 Å². The van der Waals surface area contributed by atoms with Gasteiger partial charge < -0.3 is 20.1 Å². The number of ether oxygens (including phenoxy) is 2. The maximum atomic E-state index is 11.2. The normalized spacial score (nSPS) is 10.8. The maximum absolute atomic E-state index is 11.2. The minimum absolute atomic E-state index is 0.0648. The molecule has 0 spiro atoms. The van der Waals surface area contributed by atoms with E-state index in [1.54, 1.807) is 25.1 Å². The highest BCUT2D eigenvalue weighted by molar-refractivity contribution is 5.75. The van der Waals surface area contributed by atoms with Gasteiger partial charge in [0.25, 0.3) is 5.69 Å². The Morgan fingerprint density at radius 2 is 2.20 bits per heavy atom. The summed E-state index contributed by atoms with van der Waals surface area (Å²) in [5.74, 6) is 0.413. The highest BCUT2D eigenvalue weighted by Crippen LogP contribution is 2.39. The predicted octanol–water partition coefficient (Wildman–Crippen LogP) is 1.30. The van der Waals surface area contributed by atoms with E-state index in [0.717, 1.165) is 6.34 Å². The number of rotatable bonds is 7. The van der Waals surface area contributed by atoms with Gasteiger partial charge >= 0.3 is 0 Å². The summed E-state index contributed by atoms with van der Waals surface area (Å²) in [5.41, 5.74) is 5.91. The van der Waals surface area contributed by atoms with Gasteiger partial charge in [0.1, 0.15) is 17.1 Å². The van der Waals surface area contributed by atoms with Crippen molar-refractivity contribution in [1.29, 1.82) is 0 Å². The number of nitrogens with two attached hydrogens (primary N) is 1. The minimum Gasteiger partial charge on any atom is -0.494 e. The first-order valence-electron chi connectivity index (χ1n) is 5.85. The van der Waals surface area contributed by atoms with Crippen LogP contribution in [0.1, 0.15) is 0 Å². The van der Waals surface area contributed by atoms with Gasteiger partial charge in [0.15, 0.2) is 0 Å². The second kappa shape index (κ2) is 7.29. The predicted molar refractivity (Wildman–Crippen MR) is 77.1 cm³/mol. The molecule has 1 aromatic carbocycles. The fourth-order valence-electron chi connectivity index (χ4n) is 1.69. The van der Waals surface area contributed by atoms with E-state index in [2.05, 4.69) is 4.99 Å². The van der Waals surface area contributed by atoms with E-state index in [1.165, 1.54) is 13.2 Å². The average Bonchev–Trinajstić information content (AvgIpc) is 2.44. The van der Waals surface area contributed by atoms with Crippen molar-refractivity contribution in [3.63, 3.8) is 0 Å². The van der Waals surface area contributed by atoms with Gasteiger partial charge in [-0.15, -0.1) is 0 Å². The number of aliphatic imine (C=N–C) groups is 1. The zero-order valence-corrected chi connectivity index (χ0v) is 11.7. The molecule has 0 fully saturated rings. The van der Waals surface area contributed by atoms with Crippen LogP contribution in [-0.4, -0.2) is 45.7 Å². The second-order valence-electron chi connectivity index (χ2n) is 3.96. The van der Waals surface area contributed by atoms with Crippen LogP contribution in [0.2, 0.25) is 0 Å². The van der Waals surface area contributed by atoms with Crippen molar-refractivity contribution in [2.75, 3.05) is 39.3 Å². The monoisotopic (exact) mass is 282 g/mol. The number of nitrogens with zero attached hydrogens (tertiary/aromatic N) is 3. The highest BCUT2D eigenvalue weighted by Gasteiger charge is 2.21. The van der Waals surface area contributed by atoms with Crippen molar-refractivity contribution < 1.29 is 14.4 Å². The van der Waals surface area contributed by atoms with E-state index >= 15 is 0 Å². The Morgan fingerprint density at radius 1 is 1.50 bits per heavy atom. The Hall–Kier alpha value is -2.35. The topological polar surface area (TPSA) is 103 Å². The zero-order chi connectivity index (χ0) is 15.1. The third-order valence-electron chi connectivity index (χ3n) is 2.73. The van der Waals surface area contributed by atoms with Gasteiger partial charge in [-0.2, -0.15) is 0 Å². The summed E-state index contributed by atoms with van der Waals surface area (Å²) in [6, 6.07) is 2.90. The number of methoxy groups -OCH3 is 2. The third-order valence-corrected chi connectivity index (χ3v) is 2.73. The molecule has 1 rings (SSSR count). The molecule has 110 valence electrons. The summed E-state index contributed by atoms with van der Waals surface area (Å²) in [4.78, 5) is 16.3. The van der Waals surface area contributed by atoms with Crippen LogP contribution in [0.25, 0.3) is 0 Å². The lowest BCUT2D eigenvalue weighted by Crippen LogP contribution is -2.23. The Balaban J connectivity index is 3.30. The molecule has 0 saturated carbocycles. The number of hydrogen-bond donors (Lipinski definition) is 1. The molecule has 0 amide bonds. The number of hydrogen-bond acceptors (Lipinski definition) is 6. The Bertz CT molecular complexity index is 504. The Kier molecular flexibility index (Phi) is 5.73. The molecule has 0 aliphatic heterocycles. The molecule has 0 heterocycles. The van der Waals surface area contributed by atoms with Gasteiger partial charge in [0, 0.05) is 32.8 Å². The quantitative estimate of drug-likeness (QED) is 0.350. The summed E-state index contributed by atoms with van der Waals surface area (Å²) in [5, 5.41) is 11.2. The van der Waals surface area contributed by atoms with Gasteiger partial charge in [-0.1, -0.05) is 0 Å². The fourth-order valence-corrected chi connectivity index (χ4v) is 1.69. The first kappa shape index (κ1) is 15.7. The maximum Gasteiger partial charge on any atom is 0.294 e. The van der Waals surface area contributed by atoms with Crippen LogP contribution in [0, 0.1) is 10.1 Å². The largest absolute Gasteiger partial charge is 0.494 e. The molecule has 2 N–H and O–H groups in total. The lowest BCUT2D eigenvalue weighted by molar-refractivity contribution is -0.384. The van der Waals surface area contributed by atoms with Crippen LogP contribution < -0.4 is 15.4 Å². The summed E-state index contributed by atoms with van der Waals surface area (Å²) in [6.45, 7) is 0.971. The molecule has 0 aliphatic carbocycles. The molecule has 0 atom stereocenters. The third kappa shape index (κ3) is 3.58. The van der Waals surface area contributed by atoms with Crippen molar-refractivity contribution in [2.45, 2.75) is 0 Å². The van der Waals surface area contributed by atoms with E-state index in [0.29, 0.717) is 30.3 Å². The summed E-state index contributed by atoms with van der Waals surface area (Å²) in [7, 11) is 4.78. The Morgan fingerprint density at radius 3 is 2.70 bits per heavy atom. The van der Waals surface area contributed by atoms with E-state index in [9.17, 15) is 10.1 Å². The van der Waals surface area contributed by atoms with Crippen molar-refractivity contribution >= 4 is 23.4 Å². The summed E-state index contributed by atoms with van der Waals surface area (Å²) < 4.78 is 10.1. The lowest BCUT2D eigenvalue weighted by atomic mass is 10.2. The van der Waals surface area contributed by atoms with E-state index in [-0.39, 0.29) is 5.69 Å². The molecule has 0 radical (unpaired) electrons. The average molecular weight is 282 g/mol. The molecular formula is C12H18N4O4.